The lowest BCUT2D eigenvalue weighted by Crippen LogP contribution is -2.40. The Morgan fingerprint density at radius 2 is 2.09 bits per heavy atom. The lowest BCUT2D eigenvalue weighted by atomic mass is 9.99. The Bertz CT molecular complexity index is 509. The van der Waals surface area contributed by atoms with E-state index in [4.69, 9.17) is 9.26 Å². The molecule has 0 fully saturated rings. The van der Waals surface area contributed by atoms with Gasteiger partial charge in [0.15, 0.2) is 11.7 Å². The number of rotatable bonds is 8. The quantitative estimate of drug-likeness (QED) is 0.432. The largest absolute Gasteiger partial charge is 0.469 e. The van der Waals surface area contributed by atoms with Gasteiger partial charge in [-0.15, -0.1) is 0 Å². The number of aromatic nitrogens is 1. The molecule has 1 aromatic rings. The van der Waals surface area contributed by atoms with Crippen molar-refractivity contribution in [2.45, 2.75) is 46.1 Å². The fourth-order valence-electron chi connectivity index (χ4n) is 2.24. The summed E-state index contributed by atoms with van der Waals surface area (Å²) in [6.45, 7) is 7.02. The molecule has 1 atom stereocenters. The molecule has 23 heavy (non-hydrogen) atoms. The maximum atomic E-state index is 11.4. The SMILES string of the molecule is CCC(CC)c1cc(CNC(=NC)NCC(C)C(=O)OC)on1. The van der Waals surface area contributed by atoms with E-state index in [1.165, 1.54) is 7.11 Å². The van der Waals surface area contributed by atoms with Crippen molar-refractivity contribution in [1.82, 2.24) is 15.8 Å². The van der Waals surface area contributed by atoms with Gasteiger partial charge in [0.1, 0.15) is 0 Å². The molecule has 0 bridgehead atoms. The number of guanidine groups is 1. The van der Waals surface area contributed by atoms with Gasteiger partial charge >= 0.3 is 5.97 Å². The van der Waals surface area contributed by atoms with Crippen molar-refractivity contribution >= 4 is 11.9 Å². The van der Waals surface area contributed by atoms with Crippen LogP contribution in [0.5, 0.6) is 0 Å². The van der Waals surface area contributed by atoms with Crippen LogP contribution in [0.25, 0.3) is 0 Å². The van der Waals surface area contributed by atoms with Gasteiger partial charge in [0.2, 0.25) is 0 Å². The summed E-state index contributed by atoms with van der Waals surface area (Å²) in [7, 11) is 3.06. The van der Waals surface area contributed by atoms with Crippen LogP contribution in [0.2, 0.25) is 0 Å². The summed E-state index contributed by atoms with van der Waals surface area (Å²) in [6, 6.07) is 1.98. The molecule has 0 aliphatic rings. The van der Waals surface area contributed by atoms with Crippen molar-refractivity contribution in [2.75, 3.05) is 20.7 Å². The molecule has 0 saturated heterocycles. The first-order chi connectivity index (χ1) is 11.0. The van der Waals surface area contributed by atoms with Crippen LogP contribution in [0, 0.1) is 5.92 Å². The second-order valence-corrected chi connectivity index (χ2v) is 5.46. The molecule has 1 aromatic heterocycles. The average molecular weight is 324 g/mol. The standard InChI is InChI=1S/C16H28N4O3/c1-6-12(7-2)14-8-13(23-20-14)10-19-16(17-4)18-9-11(3)15(21)22-5/h8,11-12H,6-7,9-10H2,1-5H3,(H2,17,18,19). The third-order valence-corrected chi connectivity index (χ3v) is 3.81. The predicted molar refractivity (Wildman–Crippen MR) is 89.2 cm³/mol. The molecule has 7 nitrogen and oxygen atoms in total. The van der Waals surface area contributed by atoms with Crippen LogP contribution in [-0.4, -0.2) is 37.8 Å². The Labute approximate surface area is 137 Å². The monoisotopic (exact) mass is 324 g/mol. The van der Waals surface area contributed by atoms with E-state index in [-0.39, 0.29) is 11.9 Å². The van der Waals surface area contributed by atoms with Gasteiger partial charge < -0.3 is 19.9 Å². The molecule has 7 heteroatoms. The van der Waals surface area contributed by atoms with E-state index in [0.29, 0.717) is 25.0 Å². The van der Waals surface area contributed by atoms with Crippen molar-refractivity contribution in [2.24, 2.45) is 10.9 Å². The van der Waals surface area contributed by atoms with Crippen LogP contribution in [0.4, 0.5) is 0 Å². The number of hydrogen-bond donors (Lipinski definition) is 2. The Morgan fingerprint density at radius 1 is 1.39 bits per heavy atom. The van der Waals surface area contributed by atoms with Gasteiger partial charge in [-0.3, -0.25) is 9.79 Å². The van der Waals surface area contributed by atoms with Crippen molar-refractivity contribution in [3.8, 4) is 0 Å². The van der Waals surface area contributed by atoms with Gasteiger partial charge in [-0.1, -0.05) is 25.9 Å². The molecule has 0 aromatic carbocycles. The van der Waals surface area contributed by atoms with Crippen LogP contribution in [0.15, 0.2) is 15.6 Å². The van der Waals surface area contributed by atoms with Crippen LogP contribution < -0.4 is 10.6 Å². The first kappa shape index (κ1) is 19.0. The Kier molecular flexibility index (Phi) is 8.15. The normalized spacial score (nSPS) is 13.0. The summed E-state index contributed by atoms with van der Waals surface area (Å²) in [5.41, 5.74) is 0.994. The molecule has 0 spiro atoms. The molecular weight excluding hydrogens is 296 g/mol. The van der Waals surface area contributed by atoms with Crippen molar-refractivity contribution < 1.29 is 14.1 Å². The minimum atomic E-state index is -0.252. The second kappa shape index (κ2) is 9.86. The van der Waals surface area contributed by atoms with Crippen LogP contribution >= 0.6 is 0 Å². The highest BCUT2D eigenvalue weighted by molar-refractivity contribution is 5.80. The fourth-order valence-corrected chi connectivity index (χ4v) is 2.24. The van der Waals surface area contributed by atoms with Crippen molar-refractivity contribution in [3.63, 3.8) is 0 Å². The number of carbonyl (C=O) groups excluding carboxylic acids is 1. The van der Waals surface area contributed by atoms with Crippen LogP contribution in [0.3, 0.4) is 0 Å². The number of nitrogens with zero attached hydrogens (tertiary/aromatic N) is 2. The molecule has 1 rings (SSSR count). The lowest BCUT2D eigenvalue weighted by molar-refractivity contribution is -0.144. The highest BCUT2D eigenvalue weighted by Gasteiger charge is 2.15. The fraction of sp³-hybridized carbons (Fsp3) is 0.688. The summed E-state index contributed by atoms with van der Waals surface area (Å²) in [5.74, 6) is 1.30. The minimum absolute atomic E-state index is 0.245. The summed E-state index contributed by atoms with van der Waals surface area (Å²) in [4.78, 5) is 15.5. The zero-order valence-electron chi connectivity index (χ0n) is 14.7. The number of ether oxygens (including phenoxy) is 1. The molecule has 0 aliphatic carbocycles. The van der Waals surface area contributed by atoms with Crippen LogP contribution in [-0.2, 0) is 16.1 Å². The highest BCUT2D eigenvalue weighted by atomic mass is 16.5. The number of esters is 1. The molecular formula is C16H28N4O3. The van der Waals surface area contributed by atoms with Crippen molar-refractivity contribution in [3.05, 3.63) is 17.5 Å². The molecule has 2 N–H and O–H groups in total. The molecule has 0 amide bonds. The van der Waals surface area contributed by atoms with E-state index < -0.39 is 0 Å². The van der Waals surface area contributed by atoms with E-state index in [1.54, 1.807) is 14.0 Å². The van der Waals surface area contributed by atoms with Crippen LogP contribution in [0.1, 0.15) is 51.0 Å². The topological polar surface area (TPSA) is 88.8 Å². The first-order valence-corrected chi connectivity index (χ1v) is 8.03. The van der Waals surface area contributed by atoms with E-state index >= 15 is 0 Å². The van der Waals surface area contributed by atoms with E-state index in [9.17, 15) is 4.79 Å². The molecule has 0 saturated carbocycles. The molecule has 0 radical (unpaired) electrons. The molecule has 1 heterocycles. The summed E-state index contributed by atoms with van der Waals surface area (Å²) < 4.78 is 10.0. The molecule has 1 unspecified atom stereocenters. The van der Waals surface area contributed by atoms with E-state index in [2.05, 4.69) is 34.6 Å². The first-order valence-electron chi connectivity index (χ1n) is 8.03. The lowest BCUT2D eigenvalue weighted by Gasteiger charge is -2.13. The van der Waals surface area contributed by atoms with Gasteiger partial charge in [-0.25, -0.2) is 0 Å². The maximum Gasteiger partial charge on any atom is 0.310 e. The van der Waals surface area contributed by atoms with Gasteiger partial charge in [0.05, 0.1) is 25.3 Å². The summed E-state index contributed by atoms with van der Waals surface area (Å²) in [6.07, 6.45) is 2.09. The molecule has 0 aliphatic heterocycles. The Hall–Kier alpha value is -2.05. The van der Waals surface area contributed by atoms with Gasteiger partial charge in [-0.05, 0) is 12.8 Å². The van der Waals surface area contributed by atoms with Gasteiger partial charge in [-0.2, -0.15) is 0 Å². The highest BCUT2D eigenvalue weighted by Crippen LogP contribution is 2.22. The number of hydrogen-bond acceptors (Lipinski definition) is 5. The number of aliphatic imine (C=N–C) groups is 1. The zero-order chi connectivity index (χ0) is 17.2. The smallest absolute Gasteiger partial charge is 0.310 e. The number of nitrogens with one attached hydrogen (secondary N) is 2. The van der Waals surface area contributed by atoms with Crippen molar-refractivity contribution in [1.29, 1.82) is 0 Å². The summed E-state index contributed by atoms with van der Waals surface area (Å²) in [5, 5.41) is 10.4. The zero-order valence-corrected chi connectivity index (χ0v) is 14.7. The minimum Gasteiger partial charge on any atom is -0.469 e. The van der Waals surface area contributed by atoms with Gasteiger partial charge in [0, 0.05) is 25.6 Å². The van der Waals surface area contributed by atoms with E-state index in [1.807, 2.05) is 6.07 Å². The maximum absolute atomic E-state index is 11.4. The van der Waals surface area contributed by atoms with Gasteiger partial charge in [0.25, 0.3) is 0 Å². The number of carbonyl (C=O) groups is 1. The third-order valence-electron chi connectivity index (χ3n) is 3.81. The summed E-state index contributed by atoms with van der Waals surface area (Å²) >= 11 is 0. The Morgan fingerprint density at radius 3 is 2.65 bits per heavy atom. The van der Waals surface area contributed by atoms with E-state index in [0.717, 1.165) is 24.3 Å². The number of methoxy groups -OCH3 is 1. The molecule has 130 valence electrons. The Balaban J connectivity index is 2.47. The second-order valence-electron chi connectivity index (χ2n) is 5.46. The predicted octanol–water partition coefficient (Wildman–Crippen LogP) is 2.05. The third kappa shape index (κ3) is 5.92. The average Bonchev–Trinajstić information content (AvgIpc) is 3.03.